The monoisotopic (exact) mass is 253 g/mol. The highest BCUT2D eigenvalue weighted by atomic mass is 19.1. The summed E-state index contributed by atoms with van der Waals surface area (Å²) in [6, 6.07) is 2.50. The molecule has 1 rings (SSSR count). The zero-order valence-electron chi connectivity index (χ0n) is 11.2. The van der Waals surface area contributed by atoms with Gasteiger partial charge in [0.2, 0.25) is 5.91 Å². The van der Waals surface area contributed by atoms with Crippen LogP contribution in [0.25, 0.3) is 0 Å². The Morgan fingerprint density at radius 2 is 1.94 bits per heavy atom. The third-order valence-corrected chi connectivity index (χ3v) is 2.53. The zero-order chi connectivity index (χ0) is 13.9. The van der Waals surface area contributed by atoms with Crippen LogP contribution in [0.1, 0.15) is 26.3 Å². The van der Waals surface area contributed by atoms with E-state index in [1.54, 1.807) is 19.9 Å². The number of nitrogen functional groups attached to an aromatic ring is 1. The van der Waals surface area contributed by atoms with Crippen molar-refractivity contribution in [2.45, 2.75) is 39.8 Å². The smallest absolute Gasteiger partial charge is 0.242 e. The van der Waals surface area contributed by atoms with Crippen LogP contribution in [0.15, 0.2) is 12.1 Å². The first kappa shape index (κ1) is 14.3. The second-order valence-electron chi connectivity index (χ2n) is 4.72. The molecule has 1 aromatic rings. The first-order valence-electron chi connectivity index (χ1n) is 5.93. The molecule has 100 valence electrons. The Kier molecular flexibility index (Phi) is 4.53. The van der Waals surface area contributed by atoms with Crippen LogP contribution in [0.5, 0.6) is 0 Å². The van der Waals surface area contributed by atoms with Gasteiger partial charge in [0.25, 0.3) is 0 Å². The summed E-state index contributed by atoms with van der Waals surface area (Å²) in [6.45, 7) is 7.16. The number of amides is 1. The Labute approximate surface area is 107 Å². The summed E-state index contributed by atoms with van der Waals surface area (Å²) in [4.78, 5) is 11.7. The Bertz CT molecular complexity index is 446. The standard InChI is InChI=1S/C13H20FN3O/c1-7(2)16-13(18)9(4)17-12-5-8(3)10(14)6-11(12)15/h5-7,9,17H,15H2,1-4H3,(H,16,18). The van der Waals surface area contributed by atoms with Gasteiger partial charge in [0, 0.05) is 6.04 Å². The summed E-state index contributed by atoms with van der Waals surface area (Å²) < 4.78 is 13.2. The number of aryl methyl sites for hydroxylation is 1. The van der Waals surface area contributed by atoms with Crippen molar-refractivity contribution in [1.82, 2.24) is 5.32 Å². The fourth-order valence-electron chi connectivity index (χ4n) is 1.53. The SMILES string of the molecule is Cc1cc(NC(C)C(=O)NC(C)C)c(N)cc1F. The lowest BCUT2D eigenvalue weighted by Crippen LogP contribution is -2.41. The number of rotatable bonds is 4. The first-order chi connectivity index (χ1) is 8.31. The quantitative estimate of drug-likeness (QED) is 0.719. The molecular formula is C13H20FN3O. The Morgan fingerprint density at radius 3 is 2.50 bits per heavy atom. The van der Waals surface area contributed by atoms with Gasteiger partial charge in [-0.05, 0) is 45.4 Å². The third-order valence-electron chi connectivity index (χ3n) is 2.53. The predicted molar refractivity (Wildman–Crippen MR) is 71.9 cm³/mol. The van der Waals surface area contributed by atoms with E-state index in [2.05, 4.69) is 10.6 Å². The highest BCUT2D eigenvalue weighted by Gasteiger charge is 2.15. The number of anilines is 2. The van der Waals surface area contributed by atoms with Gasteiger partial charge in [0.05, 0.1) is 11.4 Å². The van der Waals surface area contributed by atoms with Crippen molar-refractivity contribution in [2.24, 2.45) is 0 Å². The minimum absolute atomic E-state index is 0.0778. The molecule has 4 nitrogen and oxygen atoms in total. The largest absolute Gasteiger partial charge is 0.397 e. The van der Waals surface area contributed by atoms with Crippen LogP contribution >= 0.6 is 0 Å². The first-order valence-corrected chi connectivity index (χ1v) is 5.93. The van der Waals surface area contributed by atoms with E-state index < -0.39 is 6.04 Å². The Morgan fingerprint density at radius 1 is 1.33 bits per heavy atom. The van der Waals surface area contributed by atoms with Gasteiger partial charge in [-0.3, -0.25) is 4.79 Å². The van der Waals surface area contributed by atoms with E-state index in [1.807, 2.05) is 13.8 Å². The number of benzene rings is 1. The van der Waals surface area contributed by atoms with Gasteiger partial charge < -0.3 is 16.4 Å². The highest BCUT2D eigenvalue weighted by molar-refractivity contribution is 5.85. The van der Waals surface area contributed by atoms with Gasteiger partial charge in [-0.2, -0.15) is 0 Å². The Balaban J connectivity index is 2.79. The summed E-state index contributed by atoms with van der Waals surface area (Å²) in [7, 11) is 0. The maximum absolute atomic E-state index is 13.2. The number of hydrogen-bond acceptors (Lipinski definition) is 3. The van der Waals surface area contributed by atoms with Crippen LogP contribution in [0.3, 0.4) is 0 Å². The van der Waals surface area contributed by atoms with E-state index in [0.717, 1.165) is 0 Å². The molecule has 4 N–H and O–H groups in total. The molecule has 1 atom stereocenters. The van der Waals surface area contributed by atoms with E-state index in [-0.39, 0.29) is 17.8 Å². The summed E-state index contributed by atoms with van der Waals surface area (Å²) in [6.07, 6.45) is 0. The fraction of sp³-hybridized carbons (Fsp3) is 0.462. The van der Waals surface area contributed by atoms with Gasteiger partial charge in [-0.1, -0.05) is 0 Å². The zero-order valence-corrected chi connectivity index (χ0v) is 11.2. The van der Waals surface area contributed by atoms with Crippen LogP contribution < -0.4 is 16.4 Å². The van der Waals surface area contributed by atoms with E-state index in [4.69, 9.17) is 5.73 Å². The lowest BCUT2D eigenvalue weighted by molar-refractivity contribution is -0.122. The van der Waals surface area contributed by atoms with Crippen molar-refractivity contribution >= 4 is 17.3 Å². The molecule has 0 aliphatic rings. The van der Waals surface area contributed by atoms with Gasteiger partial charge >= 0.3 is 0 Å². The molecule has 0 bridgehead atoms. The molecule has 1 unspecified atom stereocenters. The number of carbonyl (C=O) groups is 1. The van der Waals surface area contributed by atoms with Crippen molar-refractivity contribution in [1.29, 1.82) is 0 Å². The molecule has 18 heavy (non-hydrogen) atoms. The third kappa shape index (κ3) is 3.61. The lowest BCUT2D eigenvalue weighted by atomic mass is 10.1. The summed E-state index contributed by atoms with van der Waals surface area (Å²) in [5.41, 5.74) is 7.06. The molecule has 0 aliphatic heterocycles. The number of nitrogens with one attached hydrogen (secondary N) is 2. The molecule has 0 aromatic heterocycles. The summed E-state index contributed by atoms with van der Waals surface area (Å²) >= 11 is 0. The van der Waals surface area contributed by atoms with E-state index in [1.165, 1.54) is 6.07 Å². The van der Waals surface area contributed by atoms with Crippen molar-refractivity contribution in [2.75, 3.05) is 11.1 Å². The molecule has 0 spiro atoms. The average Bonchev–Trinajstić information content (AvgIpc) is 2.24. The van der Waals surface area contributed by atoms with Crippen molar-refractivity contribution in [3.05, 3.63) is 23.5 Å². The second-order valence-corrected chi connectivity index (χ2v) is 4.72. The normalized spacial score (nSPS) is 12.3. The lowest BCUT2D eigenvalue weighted by Gasteiger charge is -2.18. The second kappa shape index (κ2) is 5.71. The van der Waals surface area contributed by atoms with E-state index >= 15 is 0 Å². The van der Waals surface area contributed by atoms with Crippen molar-refractivity contribution < 1.29 is 9.18 Å². The molecule has 1 amide bonds. The number of halogens is 1. The van der Waals surface area contributed by atoms with E-state index in [9.17, 15) is 9.18 Å². The summed E-state index contributed by atoms with van der Waals surface area (Å²) in [5, 5.41) is 5.77. The number of carbonyl (C=O) groups excluding carboxylic acids is 1. The highest BCUT2D eigenvalue weighted by Crippen LogP contribution is 2.23. The number of hydrogen-bond donors (Lipinski definition) is 3. The topological polar surface area (TPSA) is 67.2 Å². The molecule has 1 aromatic carbocycles. The van der Waals surface area contributed by atoms with Gasteiger partial charge in [-0.15, -0.1) is 0 Å². The van der Waals surface area contributed by atoms with Gasteiger partial charge in [-0.25, -0.2) is 4.39 Å². The maximum atomic E-state index is 13.2. The molecule has 5 heteroatoms. The molecule has 0 saturated carbocycles. The average molecular weight is 253 g/mol. The Hall–Kier alpha value is -1.78. The molecular weight excluding hydrogens is 233 g/mol. The fourth-order valence-corrected chi connectivity index (χ4v) is 1.53. The molecule has 0 fully saturated rings. The number of nitrogens with two attached hydrogens (primary N) is 1. The molecule has 0 radical (unpaired) electrons. The van der Waals surface area contributed by atoms with Gasteiger partial charge in [0.15, 0.2) is 0 Å². The van der Waals surface area contributed by atoms with Crippen molar-refractivity contribution in [3.63, 3.8) is 0 Å². The van der Waals surface area contributed by atoms with Gasteiger partial charge in [0.1, 0.15) is 11.9 Å². The molecule has 0 heterocycles. The van der Waals surface area contributed by atoms with Crippen LogP contribution in [0.2, 0.25) is 0 Å². The van der Waals surface area contributed by atoms with Crippen molar-refractivity contribution in [3.8, 4) is 0 Å². The minimum atomic E-state index is -0.431. The maximum Gasteiger partial charge on any atom is 0.242 e. The van der Waals surface area contributed by atoms with Crippen LogP contribution in [-0.4, -0.2) is 18.0 Å². The predicted octanol–water partition coefficient (Wildman–Crippen LogP) is 2.04. The summed E-state index contributed by atoms with van der Waals surface area (Å²) in [5.74, 6) is -0.469. The van der Waals surface area contributed by atoms with Crippen LogP contribution in [0, 0.1) is 12.7 Å². The molecule has 0 saturated heterocycles. The van der Waals surface area contributed by atoms with Crippen LogP contribution in [-0.2, 0) is 4.79 Å². The van der Waals surface area contributed by atoms with Crippen LogP contribution in [0.4, 0.5) is 15.8 Å². The minimum Gasteiger partial charge on any atom is -0.397 e. The van der Waals surface area contributed by atoms with E-state index in [0.29, 0.717) is 16.9 Å². The molecule has 0 aliphatic carbocycles.